The molecular weight excluding hydrogens is 288 g/mol. The van der Waals surface area contributed by atoms with Gasteiger partial charge in [-0.2, -0.15) is 0 Å². The summed E-state index contributed by atoms with van der Waals surface area (Å²) in [6, 6.07) is 16.2. The molecule has 1 N–H and O–H groups in total. The highest BCUT2D eigenvalue weighted by molar-refractivity contribution is 5.75. The van der Waals surface area contributed by atoms with Crippen LogP contribution in [0.3, 0.4) is 0 Å². The van der Waals surface area contributed by atoms with E-state index in [4.69, 9.17) is 4.74 Å². The van der Waals surface area contributed by atoms with Crippen LogP contribution in [0.25, 0.3) is 11.0 Å². The number of benzene rings is 2. The Labute approximate surface area is 136 Å². The second kappa shape index (κ2) is 7.29. The Bertz CT molecular complexity index is 780. The Kier molecular flexibility index (Phi) is 4.93. The summed E-state index contributed by atoms with van der Waals surface area (Å²) in [5.74, 6) is 1.85. The Morgan fingerprint density at radius 3 is 2.83 bits per heavy atom. The lowest BCUT2D eigenvalue weighted by atomic mass is 10.2. The van der Waals surface area contributed by atoms with Crippen LogP contribution >= 0.6 is 0 Å². The number of hydrogen-bond donors (Lipinski definition) is 1. The minimum absolute atomic E-state index is 0.114. The van der Waals surface area contributed by atoms with Gasteiger partial charge in [0.15, 0.2) is 0 Å². The second-order valence-electron chi connectivity index (χ2n) is 5.66. The fraction of sp³-hybridized carbons (Fsp3) is 0.316. The van der Waals surface area contributed by atoms with E-state index in [0.717, 1.165) is 35.6 Å². The van der Waals surface area contributed by atoms with E-state index in [0.29, 0.717) is 13.0 Å². The highest BCUT2D eigenvalue weighted by atomic mass is 16.5. The third kappa shape index (κ3) is 3.71. The predicted octanol–water partition coefficient (Wildman–Crippen LogP) is 3.35. The van der Waals surface area contributed by atoms with E-state index in [1.165, 1.54) is 5.56 Å². The number of para-hydroxylation sites is 2. The van der Waals surface area contributed by atoms with E-state index in [-0.39, 0.29) is 6.61 Å². The van der Waals surface area contributed by atoms with Crippen LogP contribution in [0.5, 0.6) is 5.75 Å². The molecule has 3 aromatic rings. The van der Waals surface area contributed by atoms with Crippen molar-refractivity contribution in [3.63, 3.8) is 0 Å². The summed E-state index contributed by atoms with van der Waals surface area (Å²) in [6.07, 6.45) is 1.47. The molecule has 0 aliphatic rings. The van der Waals surface area contributed by atoms with Gasteiger partial charge in [-0.1, -0.05) is 24.3 Å². The number of rotatable bonds is 7. The van der Waals surface area contributed by atoms with Gasteiger partial charge < -0.3 is 14.4 Å². The summed E-state index contributed by atoms with van der Waals surface area (Å²) in [6.45, 7) is 3.67. The molecule has 0 bridgehead atoms. The minimum atomic E-state index is 0.114. The first-order valence-electron chi connectivity index (χ1n) is 8.02. The standard InChI is InChI=1S/C19H22N2O2/c1-15-6-4-7-16(14-15)23-13-5-11-21-18-9-3-2-8-17(18)20-19(21)10-12-22/h2-4,6-9,14,22H,5,10-13H2,1H3. The van der Waals surface area contributed by atoms with Gasteiger partial charge in [0.1, 0.15) is 11.6 Å². The Morgan fingerprint density at radius 1 is 1.13 bits per heavy atom. The van der Waals surface area contributed by atoms with Crippen molar-refractivity contribution in [3.05, 3.63) is 59.9 Å². The molecule has 4 nitrogen and oxygen atoms in total. The maximum Gasteiger partial charge on any atom is 0.119 e. The van der Waals surface area contributed by atoms with Crippen molar-refractivity contribution in [2.45, 2.75) is 26.3 Å². The Morgan fingerprint density at radius 2 is 2.00 bits per heavy atom. The van der Waals surface area contributed by atoms with Gasteiger partial charge in [-0.3, -0.25) is 0 Å². The van der Waals surface area contributed by atoms with Crippen LogP contribution < -0.4 is 4.74 Å². The summed E-state index contributed by atoms with van der Waals surface area (Å²) in [5.41, 5.74) is 3.30. The van der Waals surface area contributed by atoms with Gasteiger partial charge in [-0.15, -0.1) is 0 Å². The van der Waals surface area contributed by atoms with Gasteiger partial charge in [-0.05, 0) is 43.2 Å². The van der Waals surface area contributed by atoms with E-state index in [1.54, 1.807) is 0 Å². The number of aliphatic hydroxyl groups is 1. The van der Waals surface area contributed by atoms with Gasteiger partial charge in [0.25, 0.3) is 0 Å². The van der Waals surface area contributed by atoms with Crippen molar-refractivity contribution in [2.24, 2.45) is 0 Å². The monoisotopic (exact) mass is 310 g/mol. The van der Waals surface area contributed by atoms with Crippen LogP contribution in [0.15, 0.2) is 48.5 Å². The van der Waals surface area contributed by atoms with E-state index in [2.05, 4.69) is 28.6 Å². The molecule has 0 aliphatic heterocycles. The number of aromatic nitrogens is 2. The number of fused-ring (bicyclic) bond motifs is 1. The highest BCUT2D eigenvalue weighted by Gasteiger charge is 2.09. The molecule has 4 heteroatoms. The van der Waals surface area contributed by atoms with Crippen LogP contribution in [-0.2, 0) is 13.0 Å². The topological polar surface area (TPSA) is 47.3 Å². The van der Waals surface area contributed by atoms with Crippen LogP contribution in [0.4, 0.5) is 0 Å². The molecule has 0 amide bonds. The van der Waals surface area contributed by atoms with Gasteiger partial charge in [-0.25, -0.2) is 4.98 Å². The summed E-state index contributed by atoms with van der Waals surface area (Å²) in [7, 11) is 0. The summed E-state index contributed by atoms with van der Waals surface area (Å²) < 4.78 is 8.00. The van der Waals surface area contributed by atoms with Crippen molar-refractivity contribution in [1.82, 2.24) is 9.55 Å². The van der Waals surface area contributed by atoms with Crippen molar-refractivity contribution >= 4 is 11.0 Å². The van der Waals surface area contributed by atoms with Crippen LogP contribution in [0.1, 0.15) is 17.8 Å². The lowest BCUT2D eigenvalue weighted by Gasteiger charge is -2.10. The van der Waals surface area contributed by atoms with Crippen LogP contribution in [0.2, 0.25) is 0 Å². The van der Waals surface area contributed by atoms with E-state index in [9.17, 15) is 5.11 Å². The lowest BCUT2D eigenvalue weighted by Crippen LogP contribution is -2.09. The molecule has 0 aliphatic carbocycles. The Hall–Kier alpha value is -2.33. The van der Waals surface area contributed by atoms with Crippen molar-refractivity contribution in [3.8, 4) is 5.75 Å². The largest absolute Gasteiger partial charge is 0.494 e. The molecular formula is C19H22N2O2. The first-order valence-corrected chi connectivity index (χ1v) is 8.02. The molecule has 2 aromatic carbocycles. The van der Waals surface area contributed by atoms with E-state index in [1.807, 2.05) is 36.4 Å². The summed E-state index contributed by atoms with van der Waals surface area (Å²) in [4.78, 5) is 4.61. The minimum Gasteiger partial charge on any atom is -0.494 e. The third-order valence-corrected chi connectivity index (χ3v) is 3.85. The van der Waals surface area contributed by atoms with E-state index < -0.39 is 0 Å². The lowest BCUT2D eigenvalue weighted by molar-refractivity contribution is 0.289. The second-order valence-corrected chi connectivity index (χ2v) is 5.66. The maximum atomic E-state index is 9.24. The number of aryl methyl sites for hydroxylation is 2. The molecule has 23 heavy (non-hydrogen) atoms. The normalized spacial score (nSPS) is 11.0. The molecule has 0 spiro atoms. The number of nitrogens with zero attached hydrogens (tertiary/aromatic N) is 2. The summed E-state index contributed by atoms with van der Waals surface area (Å²) in [5, 5.41) is 9.24. The first-order chi connectivity index (χ1) is 11.3. The molecule has 1 aromatic heterocycles. The molecule has 0 fully saturated rings. The first kappa shape index (κ1) is 15.6. The summed E-state index contributed by atoms with van der Waals surface area (Å²) >= 11 is 0. The van der Waals surface area contributed by atoms with Gasteiger partial charge in [0.2, 0.25) is 0 Å². The molecule has 0 unspecified atom stereocenters. The molecule has 0 saturated carbocycles. The average Bonchev–Trinajstić information content (AvgIpc) is 2.90. The van der Waals surface area contributed by atoms with Gasteiger partial charge in [0.05, 0.1) is 24.2 Å². The SMILES string of the molecule is Cc1cccc(OCCCn2c(CCO)nc3ccccc32)c1. The van der Waals surface area contributed by atoms with Crippen molar-refractivity contribution in [2.75, 3.05) is 13.2 Å². The maximum absolute atomic E-state index is 9.24. The average molecular weight is 310 g/mol. The zero-order chi connectivity index (χ0) is 16.1. The quantitative estimate of drug-likeness (QED) is 0.681. The smallest absolute Gasteiger partial charge is 0.119 e. The van der Waals surface area contributed by atoms with Crippen molar-refractivity contribution < 1.29 is 9.84 Å². The molecule has 0 atom stereocenters. The fourth-order valence-electron chi connectivity index (χ4n) is 2.78. The molecule has 0 radical (unpaired) electrons. The zero-order valence-electron chi connectivity index (χ0n) is 13.4. The molecule has 0 saturated heterocycles. The number of hydrogen-bond acceptors (Lipinski definition) is 3. The number of aliphatic hydroxyl groups excluding tert-OH is 1. The molecule has 3 rings (SSSR count). The molecule has 120 valence electrons. The van der Waals surface area contributed by atoms with Gasteiger partial charge in [0, 0.05) is 13.0 Å². The van der Waals surface area contributed by atoms with Crippen LogP contribution in [-0.4, -0.2) is 27.9 Å². The van der Waals surface area contributed by atoms with Gasteiger partial charge >= 0.3 is 0 Å². The zero-order valence-corrected chi connectivity index (χ0v) is 13.4. The van der Waals surface area contributed by atoms with Crippen LogP contribution in [0, 0.1) is 6.92 Å². The Balaban J connectivity index is 1.65. The fourth-order valence-corrected chi connectivity index (χ4v) is 2.78. The van der Waals surface area contributed by atoms with E-state index >= 15 is 0 Å². The highest BCUT2D eigenvalue weighted by Crippen LogP contribution is 2.17. The number of ether oxygens (including phenoxy) is 1. The molecule has 1 heterocycles. The number of imidazole rings is 1. The van der Waals surface area contributed by atoms with Crippen molar-refractivity contribution in [1.29, 1.82) is 0 Å². The third-order valence-electron chi connectivity index (χ3n) is 3.85. The predicted molar refractivity (Wildman–Crippen MR) is 91.8 cm³/mol.